The number of morpholine rings is 1. The molecule has 1 aliphatic carbocycles. The molecule has 1 atom stereocenters. The van der Waals surface area contributed by atoms with E-state index in [0.717, 1.165) is 35.0 Å². The van der Waals surface area contributed by atoms with Gasteiger partial charge in [-0.1, -0.05) is 25.3 Å². The van der Waals surface area contributed by atoms with Crippen molar-refractivity contribution >= 4 is 16.9 Å². The van der Waals surface area contributed by atoms with Gasteiger partial charge in [0.2, 0.25) is 0 Å². The minimum absolute atomic E-state index is 0.192. The van der Waals surface area contributed by atoms with Gasteiger partial charge < -0.3 is 28.7 Å². The lowest BCUT2D eigenvalue weighted by Gasteiger charge is -2.49. The van der Waals surface area contributed by atoms with Gasteiger partial charge in [0.25, 0.3) is 0 Å². The van der Waals surface area contributed by atoms with Crippen LogP contribution in [-0.4, -0.2) is 52.6 Å². The third-order valence-electron chi connectivity index (χ3n) is 7.64. The number of hydroxylamine groups is 3. The summed E-state index contributed by atoms with van der Waals surface area (Å²) in [6.45, 7) is 4.35. The molecule has 2 aromatic heterocycles. The molecule has 3 heterocycles. The van der Waals surface area contributed by atoms with Gasteiger partial charge in [-0.3, -0.25) is 0 Å². The van der Waals surface area contributed by atoms with E-state index < -0.39 is 5.97 Å². The number of carboxylic acid groups (broad SMARTS) is 1. The molecule has 0 radical (unpaired) electrons. The second-order valence-corrected chi connectivity index (χ2v) is 9.62. The van der Waals surface area contributed by atoms with E-state index in [1.807, 2.05) is 19.1 Å². The molecule has 1 N–H and O–H groups in total. The normalized spacial score (nSPS) is 20.2. The molecular weight excluding hydrogens is 420 g/mol. The van der Waals surface area contributed by atoms with Crippen LogP contribution in [0.5, 0.6) is 0 Å². The molecule has 3 aromatic rings. The van der Waals surface area contributed by atoms with Crippen LogP contribution in [0.4, 0.5) is 0 Å². The van der Waals surface area contributed by atoms with E-state index in [9.17, 15) is 15.1 Å². The number of carbonyl (C=O) groups is 1. The van der Waals surface area contributed by atoms with Crippen LogP contribution < -0.4 is 0 Å². The standard InChI is InChI=1S/C26H32N2O5/c1-18(28(31)10-13-32-14-11-28)16-27-23-15-20(26(29)30)7-8-22(23)24(19-5-3-2-4-6-19)25(27)21-9-12-33-17-21/h7-9,12,15,17-19H,2-6,10-11,13-14,16H2,1H3,(H,29,30). The molecule has 1 saturated carbocycles. The third-order valence-corrected chi connectivity index (χ3v) is 7.64. The number of hydrogen-bond donors (Lipinski definition) is 1. The summed E-state index contributed by atoms with van der Waals surface area (Å²) in [5, 5.41) is 24.3. The Balaban J connectivity index is 1.70. The fraction of sp³-hybridized carbons (Fsp3) is 0.500. The molecule has 0 spiro atoms. The molecule has 2 fully saturated rings. The van der Waals surface area contributed by atoms with Gasteiger partial charge in [-0.25, -0.2) is 4.79 Å². The molecule has 2 aliphatic rings. The summed E-state index contributed by atoms with van der Waals surface area (Å²) in [5.74, 6) is -0.528. The number of benzene rings is 1. The van der Waals surface area contributed by atoms with Crippen LogP contribution in [0.1, 0.15) is 60.9 Å². The number of carboxylic acids is 1. The van der Waals surface area contributed by atoms with Crippen molar-refractivity contribution in [3.63, 3.8) is 0 Å². The zero-order chi connectivity index (χ0) is 23.0. The van der Waals surface area contributed by atoms with Crippen molar-refractivity contribution in [2.45, 2.75) is 57.5 Å². The number of quaternary nitrogens is 1. The molecule has 1 aliphatic heterocycles. The number of hydrogen-bond acceptors (Lipinski definition) is 4. The summed E-state index contributed by atoms with van der Waals surface area (Å²) in [5.41, 5.74) is 4.48. The van der Waals surface area contributed by atoms with Crippen molar-refractivity contribution < 1.29 is 23.7 Å². The maximum absolute atomic E-state index is 13.6. The number of fused-ring (bicyclic) bond motifs is 1. The van der Waals surface area contributed by atoms with E-state index in [-0.39, 0.29) is 16.3 Å². The van der Waals surface area contributed by atoms with Crippen molar-refractivity contribution in [2.24, 2.45) is 0 Å². The Morgan fingerprint density at radius 3 is 2.64 bits per heavy atom. The second kappa shape index (κ2) is 8.97. The van der Waals surface area contributed by atoms with E-state index in [2.05, 4.69) is 4.57 Å². The lowest BCUT2D eigenvalue weighted by molar-refractivity contribution is -0.911. The molecule has 5 rings (SSSR count). The van der Waals surface area contributed by atoms with Gasteiger partial charge in [-0.15, -0.1) is 0 Å². The van der Waals surface area contributed by atoms with Gasteiger partial charge in [0.05, 0.1) is 43.5 Å². The van der Waals surface area contributed by atoms with Crippen molar-refractivity contribution in [1.29, 1.82) is 0 Å². The second-order valence-electron chi connectivity index (χ2n) is 9.62. The van der Waals surface area contributed by atoms with Crippen LogP contribution in [0.15, 0.2) is 41.2 Å². The molecule has 0 amide bonds. The Morgan fingerprint density at radius 2 is 1.97 bits per heavy atom. The Kier molecular flexibility index (Phi) is 6.03. The first-order valence-corrected chi connectivity index (χ1v) is 12.1. The van der Waals surface area contributed by atoms with Crippen molar-refractivity contribution in [1.82, 2.24) is 4.57 Å². The molecule has 7 heteroatoms. The van der Waals surface area contributed by atoms with Gasteiger partial charge in [-0.2, -0.15) is 0 Å². The van der Waals surface area contributed by atoms with Crippen LogP contribution in [0.2, 0.25) is 0 Å². The number of furan rings is 1. The maximum atomic E-state index is 13.6. The van der Waals surface area contributed by atoms with E-state index in [4.69, 9.17) is 9.15 Å². The van der Waals surface area contributed by atoms with Gasteiger partial charge in [0.1, 0.15) is 19.1 Å². The Bertz CT molecular complexity index is 1120. The Morgan fingerprint density at radius 1 is 1.21 bits per heavy atom. The Hall–Kier alpha value is -2.61. The first kappa shape index (κ1) is 22.2. The third kappa shape index (κ3) is 4.09. The first-order valence-electron chi connectivity index (χ1n) is 12.1. The summed E-state index contributed by atoms with van der Waals surface area (Å²) >= 11 is 0. The highest BCUT2D eigenvalue weighted by atomic mass is 16.6. The van der Waals surface area contributed by atoms with Gasteiger partial charge in [-0.05, 0) is 49.4 Å². The quantitative estimate of drug-likeness (QED) is 0.401. The zero-order valence-corrected chi connectivity index (χ0v) is 19.2. The minimum atomic E-state index is -0.942. The molecule has 176 valence electrons. The summed E-state index contributed by atoms with van der Waals surface area (Å²) in [4.78, 5) is 11.8. The number of aromatic nitrogens is 1. The number of rotatable bonds is 6. The molecule has 1 saturated heterocycles. The van der Waals surface area contributed by atoms with Crippen LogP contribution in [0, 0.1) is 5.21 Å². The van der Waals surface area contributed by atoms with E-state index in [1.54, 1.807) is 24.7 Å². The van der Waals surface area contributed by atoms with Crippen LogP contribution in [0.3, 0.4) is 0 Å². The van der Waals surface area contributed by atoms with Gasteiger partial charge >= 0.3 is 5.97 Å². The molecule has 1 aromatic carbocycles. The number of nitrogens with zero attached hydrogens (tertiary/aromatic N) is 2. The first-order chi connectivity index (χ1) is 16.0. The highest BCUT2D eigenvalue weighted by molar-refractivity contribution is 5.98. The monoisotopic (exact) mass is 452 g/mol. The SMILES string of the molecule is CC(Cn1c(-c2ccoc2)c(C2CCCCC2)c2ccc(C(=O)O)cc21)[N+]1([O-])CCOCC1. The summed E-state index contributed by atoms with van der Waals surface area (Å²) < 4.78 is 12.8. The lowest BCUT2D eigenvalue weighted by atomic mass is 9.82. The fourth-order valence-corrected chi connectivity index (χ4v) is 5.72. The Labute approximate surface area is 193 Å². The van der Waals surface area contributed by atoms with E-state index in [0.29, 0.717) is 38.8 Å². The lowest BCUT2D eigenvalue weighted by Crippen LogP contribution is -2.56. The average Bonchev–Trinajstić information content (AvgIpc) is 3.46. The van der Waals surface area contributed by atoms with Crippen LogP contribution >= 0.6 is 0 Å². The smallest absolute Gasteiger partial charge is 0.335 e. The van der Waals surface area contributed by atoms with Crippen LogP contribution in [-0.2, 0) is 11.3 Å². The van der Waals surface area contributed by atoms with E-state index >= 15 is 0 Å². The van der Waals surface area contributed by atoms with E-state index in [1.165, 1.54) is 24.8 Å². The summed E-state index contributed by atoms with van der Waals surface area (Å²) in [6.07, 6.45) is 9.35. The largest absolute Gasteiger partial charge is 0.632 e. The highest BCUT2D eigenvalue weighted by Gasteiger charge is 2.32. The van der Waals surface area contributed by atoms with Crippen molar-refractivity contribution in [3.05, 3.63) is 53.1 Å². The number of ether oxygens (including phenoxy) is 1. The van der Waals surface area contributed by atoms with Gasteiger partial charge in [0.15, 0.2) is 0 Å². The maximum Gasteiger partial charge on any atom is 0.335 e. The summed E-state index contributed by atoms with van der Waals surface area (Å²) in [7, 11) is 0. The fourth-order valence-electron chi connectivity index (χ4n) is 5.72. The van der Waals surface area contributed by atoms with Crippen molar-refractivity contribution in [2.75, 3.05) is 26.3 Å². The zero-order valence-electron chi connectivity index (χ0n) is 19.2. The van der Waals surface area contributed by atoms with Crippen LogP contribution in [0.25, 0.3) is 22.2 Å². The predicted molar refractivity (Wildman–Crippen MR) is 126 cm³/mol. The molecule has 0 bridgehead atoms. The minimum Gasteiger partial charge on any atom is -0.632 e. The van der Waals surface area contributed by atoms with Gasteiger partial charge in [0, 0.05) is 16.5 Å². The predicted octanol–water partition coefficient (Wildman–Crippen LogP) is 5.38. The molecular formula is C26H32N2O5. The molecule has 7 nitrogen and oxygen atoms in total. The molecule has 1 unspecified atom stereocenters. The van der Waals surface area contributed by atoms with Crippen molar-refractivity contribution in [3.8, 4) is 11.3 Å². The number of aromatic carboxylic acids is 1. The average molecular weight is 453 g/mol. The molecule has 33 heavy (non-hydrogen) atoms. The highest BCUT2D eigenvalue weighted by Crippen LogP contribution is 2.44. The summed E-state index contributed by atoms with van der Waals surface area (Å²) in [6, 6.07) is 7.21. The topological polar surface area (TPSA) is 87.7 Å².